The first-order valence-electron chi connectivity index (χ1n) is 15.8. The molecule has 49 heavy (non-hydrogen) atoms. The molecule has 1 N–H and O–H groups in total. The van der Waals surface area contributed by atoms with Gasteiger partial charge in [0.15, 0.2) is 0 Å². The number of fused-ring (bicyclic) bond motifs is 2. The summed E-state index contributed by atoms with van der Waals surface area (Å²) in [5.74, 6) is 0.590. The van der Waals surface area contributed by atoms with Crippen molar-refractivity contribution in [2.75, 3.05) is 19.0 Å². The summed E-state index contributed by atoms with van der Waals surface area (Å²) in [7, 11) is -0.511. The molecule has 0 spiro atoms. The van der Waals surface area contributed by atoms with Crippen LogP contribution in [0.1, 0.15) is 63.8 Å². The van der Waals surface area contributed by atoms with Crippen molar-refractivity contribution in [1.29, 1.82) is 0 Å². The lowest BCUT2D eigenvalue weighted by Gasteiger charge is -2.21. The lowest BCUT2D eigenvalue weighted by Crippen LogP contribution is -2.21. The van der Waals surface area contributed by atoms with E-state index in [0.717, 1.165) is 33.4 Å². The first-order valence-corrected chi connectivity index (χ1v) is 17.2. The van der Waals surface area contributed by atoms with Gasteiger partial charge in [0.1, 0.15) is 23.3 Å². The molecule has 2 aliphatic rings. The van der Waals surface area contributed by atoms with E-state index in [1.807, 2.05) is 153 Å². The second-order valence-corrected chi connectivity index (χ2v) is 11.0. The number of hydrogen-bond acceptors (Lipinski definition) is 4. The molecule has 0 saturated heterocycles. The predicted molar refractivity (Wildman–Crippen MR) is 214 cm³/mol. The van der Waals surface area contributed by atoms with E-state index >= 15 is 0 Å². The summed E-state index contributed by atoms with van der Waals surface area (Å²) >= 11 is 0. The highest BCUT2D eigenvalue weighted by molar-refractivity contribution is 7.86. The normalized spacial score (nSPS) is 10.6. The van der Waals surface area contributed by atoms with E-state index in [-0.39, 0.29) is 27.2 Å². The first-order chi connectivity index (χ1) is 22.3. The van der Waals surface area contributed by atoms with Gasteiger partial charge in [-0.25, -0.2) is 0 Å². The van der Waals surface area contributed by atoms with Gasteiger partial charge in [-0.15, -0.1) is 0 Å². The number of nitrogens with zero attached hydrogens (tertiary/aromatic N) is 2. The number of para-hydroxylation sites is 2. The topological polar surface area (TPSA) is 73.8 Å². The highest BCUT2D eigenvalue weighted by Crippen LogP contribution is 2.43. The van der Waals surface area contributed by atoms with Crippen LogP contribution in [-0.2, 0) is 10.1 Å². The minimum absolute atomic E-state index is 0. The Morgan fingerprint density at radius 3 is 1.78 bits per heavy atom. The molecule has 264 valence electrons. The molecule has 4 aromatic carbocycles. The van der Waals surface area contributed by atoms with Crippen molar-refractivity contribution in [3.8, 4) is 22.5 Å². The van der Waals surface area contributed by atoms with Crippen molar-refractivity contribution in [3.63, 3.8) is 0 Å². The number of rotatable bonds is 5. The highest BCUT2D eigenvalue weighted by Gasteiger charge is 2.24. The summed E-state index contributed by atoms with van der Waals surface area (Å²) in [5.41, 5.74) is 5.35. The largest absolute Gasteiger partial charge is 0.456 e. The van der Waals surface area contributed by atoms with Gasteiger partial charge in [-0.2, -0.15) is 13.0 Å². The molecule has 1 aliphatic carbocycles. The second-order valence-electron chi connectivity index (χ2n) is 9.60. The van der Waals surface area contributed by atoms with Gasteiger partial charge < -0.3 is 9.32 Å². The third-order valence-electron chi connectivity index (χ3n) is 7.18. The molecular formula is C42H57N2O4S+. The van der Waals surface area contributed by atoms with Crippen molar-refractivity contribution >= 4 is 38.1 Å². The molecule has 1 heterocycles. The van der Waals surface area contributed by atoms with Crippen molar-refractivity contribution in [2.24, 2.45) is 0 Å². The maximum absolute atomic E-state index is 12.4. The van der Waals surface area contributed by atoms with Gasteiger partial charge in [0.05, 0.1) is 6.07 Å². The third kappa shape index (κ3) is 9.91. The number of hydrogen-bond donors (Lipinski definition) is 1. The van der Waals surface area contributed by atoms with Crippen LogP contribution < -0.4 is 14.8 Å². The minimum Gasteiger partial charge on any atom is -0.456 e. The van der Waals surface area contributed by atoms with Crippen molar-refractivity contribution in [3.05, 3.63) is 127 Å². The van der Waals surface area contributed by atoms with Gasteiger partial charge in [-0.1, -0.05) is 118 Å². The summed E-state index contributed by atoms with van der Waals surface area (Å²) in [6.07, 6.45) is 0. The van der Waals surface area contributed by atoms with E-state index in [2.05, 4.69) is 9.48 Å². The van der Waals surface area contributed by atoms with Crippen LogP contribution in [0, 0.1) is 0 Å². The van der Waals surface area contributed by atoms with Crippen LogP contribution in [0.15, 0.2) is 131 Å². The van der Waals surface area contributed by atoms with Crippen LogP contribution in [0.3, 0.4) is 0 Å². The lowest BCUT2D eigenvalue weighted by molar-refractivity contribution is 0.483. The van der Waals surface area contributed by atoms with Gasteiger partial charge in [0.25, 0.3) is 10.1 Å². The molecule has 6 rings (SSSR count). The zero-order valence-corrected chi connectivity index (χ0v) is 28.8. The molecule has 0 atom stereocenters. The number of benzene rings is 5. The fraction of sp³-hybridized carbons (Fsp3) is 0.262. The van der Waals surface area contributed by atoms with E-state index in [1.54, 1.807) is 18.2 Å². The number of anilines is 2. The zero-order chi connectivity index (χ0) is 33.9. The monoisotopic (exact) mass is 685 g/mol. The molecule has 0 unspecified atom stereocenters. The fourth-order valence-electron chi connectivity index (χ4n) is 5.07. The Balaban J connectivity index is 0.00000243. The molecule has 0 saturated carbocycles. The van der Waals surface area contributed by atoms with Crippen molar-refractivity contribution in [2.45, 2.75) is 68.7 Å². The van der Waals surface area contributed by atoms with Crippen LogP contribution in [0.2, 0.25) is 0 Å². The standard InChI is InChI=1S/C33H26N2O4S.3C2H6.3CH4/c1-34(23-11-5-3-6-12-23)25-17-19-27-30(21-25)39-31-22-26(35(2)24-13-7-4-8-14-24)18-20-28(31)33(27)29-15-9-10-16-32(29)40(36,37)38;3*1-2;;;/h3-22H,1-2H3;3*1-2H3;3*1H4/p+1. The van der Waals surface area contributed by atoms with E-state index in [0.29, 0.717) is 22.5 Å². The van der Waals surface area contributed by atoms with Crippen LogP contribution in [-0.4, -0.2) is 27.1 Å². The van der Waals surface area contributed by atoms with Crippen LogP contribution >= 0.6 is 0 Å². The molecule has 0 bridgehead atoms. The van der Waals surface area contributed by atoms with Gasteiger partial charge >= 0.3 is 0 Å². The first kappa shape index (κ1) is 44.3. The lowest BCUT2D eigenvalue weighted by atomic mass is 9.93. The van der Waals surface area contributed by atoms with E-state index in [1.165, 1.54) is 6.07 Å². The molecule has 1 aliphatic heterocycles. The average Bonchev–Trinajstić information content (AvgIpc) is 3.12. The highest BCUT2D eigenvalue weighted by atomic mass is 32.2. The zero-order valence-electron chi connectivity index (χ0n) is 28.0. The Labute approximate surface area is 296 Å². The quantitative estimate of drug-likeness (QED) is 0.111. The molecule has 0 radical (unpaired) electrons. The Kier molecular flexibility index (Phi) is 18.6. The van der Waals surface area contributed by atoms with Gasteiger partial charge in [-0.05, 0) is 36.4 Å². The summed E-state index contributed by atoms with van der Waals surface area (Å²) < 4.78 is 43.5. The maximum Gasteiger partial charge on any atom is 0.295 e. The molecule has 0 fully saturated rings. The molecule has 4 aromatic rings. The maximum atomic E-state index is 12.4. The summed E-state index contributed by atoms with van der Waals surface area (Å²) in [6, 6.07) is 38.2. The summed E-state index contributed by atoms with van der Waals surface area (Å²) in [4.78, 5) is 1.91. The van der Waals surface area contributed by atoms with Crippen LogP contribution in [0.5, 0.6) is 0 Å². The Bertz CT molecular complexity index is 2000. The average molecular weight is 686 g/mol. The Morgan fingerprint density at radius 2 is 1.18 bits per heavy atom. The van der Waals surface area contributed by atoms with Crippen LogP contribution in [0.25, 0.3) is 33.4 Å². The minimum atomic E-state index is -4.48. The van der Waals surface area contributed by atoms with Crippen molar-refractivity contribution < 1.29 is 17.4 Å². The summed E-state index contributed by atoms with van der Waals surface area (Å²) in [6.45, 7) is 12.0. The smallest absolute Gasteiger partial charge is 0.295 e. The van der Waals surface area contributed by atoms with Gasteiger partial charge in [-0.3, -0.25) is 4.55 Å². The SMILES string of the molecule is C.C.C.CC.CC.CC.CN(c1ccccc1)c1ccc2c(-c3ccccc3S(=O)(=O)O)c3ccc(=[N+](C)c4ccccc4)cc-3oc2c1. The Morgan fingerprint density at radius 1 is 0.633 bits per heavy atom. The molecule has 6 nitrogen and oxygen atoms in total. The van der Waals surface area contributed by atoms with Gasteiger partial charge in [0, 0.05) is 64.8 Å². The van der Waals surface area contributed by atoms with E-state index in [4.69, 9.17) is 4.42 Å². The fourth-order valence-corrected chi connectivity index (χ4v) is 5.77. The molecular weight excluding hydrogens is 629 g/mol. The van der Waals surface area contributed by atoms with Crippen molar-refractivity contribution in [1.82, 2.24) is 4.58 Å². The molecule has 0 amide bonds. The second kappa shape index (κ2) is 20.6. The predicted octanol–water partition coefficient (Wildman–Crippen LogP) is 11.9. The van der Waals surface area contributed by atoms with E-state index in [9.17, 15) is 13.0 Å². The summed E-state index contributed by atoms with van der Waals surface area (Å²) in [5, 5.41) is 1.64. The third-order valence-corrected chi connectivity index (χ3v) is 8.10. The van der Waals surface area contributed by atoms with Gasteiger partial charge in [0.2, 0.25) is 11.0 Å². The Hall–Kier alpha value is -4.72. The van der Waals surface area contributed by atoms with E-state index < -0.39 is 10.1 Å². The van der Waals surface area contributed by atoms with Crippen LogP contribution in [0.4, 0.5) is 17.1 Å². The molecule has 7 heteroatoms. The molecule has 0 aromatic heterocycles.